The third-order valence-electron chi connectivity index (χ3n) is 5.26. The van der Waals surface area contributed by atoms with Crippen LogP contribution in [0.4, 0.5) is 11.4 Å². The molecule has 0 radical (unpaired) electrons. The highest BCUT2D eigenvalue weighted by Crippen LogP contribution is 2.34. The number of rotatable bonds is 6. The Morgan fingerprint density at radius 1 is 1.41 bits per heavy atom. The fraction of sp³-hybridized carbons (Fsp3) is 0.611. The summed E-state index contributed by atoms with van der Waals surface area (Å²) < 4.78 is 5.47. The summed E-state index contributed by atoms with van der Waals surface area (Å²) in [5.41, 5.74) is 0.852. The van der Waals surface area contributed by atoms with Gasteiger partial charge >= 0.3 is 0 Å². The van der Waals surface area contributed by atoms with Crippen LogP contribution in [0.5, 0.6) is 0 Å². The van der Waals surface area contributed by atoms with E-state index in [4.69, 9.17) is 4.74 Å². The van der Waals surface area contributed by atoms with Crippen LogP contribution in [-0.2, 0) is 4.74 Å². The van der Waals surface area contributed by atoms with Gasteiger partial charge in [-0.05, 0) is 18.2 Å². The van der Waals surface area contributed by atoms with Gasteiger partial charge in [-0.15, -0.1) is 0 Å². The lowest BCUT2D eigenvalue weighted by Gasteiger charge is -2.43. The Morgan fingerprint density at radius 2 is 2.15 bits per heavy atom. The van der Waals surface area contributed by atoms with Gasteiger partial charge < -0.3 is 15.0 Å². The summed E-state index contributed by atoms with van der Waals surface area (Å²) in [5, 5.41) is 14.2. The molecule has 0 aliphatic carbocycles. The number of amides is 1. The van der Waals surface area contributed by atoms with Crippen molar-refractivity contribution in [2.24, 2.45) is 0 Å². The van der Waals surface area contributed by atoms with Gasteiger partial charge in [-0.3, -0.25) is 19.8 Å². The van der Waals surface area contributed by atoms with Gasteiger partial charge in [0.1, 0.15) is 0 Å². The molecule has 0 spiro atoms. The molecule has 3 rings (SSSR count). The van der Waals surface area contributed by atoms with Crippen molar-refractivity contribution in [1.29, 1.82) is 0 Å². The Balaban J connectivity index is 1.78. The van der Waals surface area contributed by atoms with E-state index in [-0.39, 0.29) is 17.1 Å². The van der Waals surface area contributed by atoms with Crippen molar-refractivity contribution in [2.45, 2.75) is 12.0 Å². The zero-order valence-corrected chi connectivity index (χ0v) is 16.6. The van der Waals surface area contributed by atoms with E-state index in [1.54, 1.807) is 11.0 Å². The molecule has 1 aromatic rings. The number of non-ortho nitro benzene ring substituents is 1. The van der Waals surface area contributed by atoms with Crippen LogP contribution < -0.4 is 10.2 Å². The average molecular weight is 394 g/mol. The van der Waals surface area contributed by atoms with Crippen molar-refractivity contribution in [1.82, 2.24) is 10.2 Å². The zero-order chi connectivity index (χ0) is 19.4. The van der Waals surface area contributed by atoms with Crippen molar-refractivity contribution >= 4 is 29.0 Å². The van der Waals surface area contributed by atoms with Crippen LogP contribution in [-0.4, -0.2) is 79.7 Å². The molecule has 27 heavy (non-hydrogen) atoms. The number of nitro groups is 1. The first-order chi connectivity index (χ1) is 12.9. The van der Waals surface area contributed by atoms with Gasteiger partial charge in [-0.25, -0.2) is 0 Å². The maximum absolute atomic E-state index is 12.9. The van der Waals surface area contributed by atoms with Crippen LogP contribution in [0, 0.1) is 10.1 Å². The molecular weight excluding hydrogens is 368 g/mol. The molecule has 2 aliphatic rings. The molecule has 1 amide bonds. The highest BCUT2D eigenvalue weighted by Gasteiger charge is 2.41. The lowest BCUT2D eigenvalue weighted by molar-refractivity contribution is -0.384. The zero-order valence-electron chi connectivity index (χ0n) is 15.8. The number of anilines is 1. The lowest BCUT2D eigenvalue weighted by Crippen LogP contribution is -2.59. The van der Waals surface area contributed by atoms with E-state index >= 15 is 0 Å². The van der Waals surface area contributed by atoms with Crippen LogP contribution >= 0.6 is 11.8 Å². The van der Waals surface area contributed by atoms with E-state index in [1.165, 1.54) is 12.1 Å². The number of hydrogen-bond donors (Lipinski definition) is 1. The summed E-state index contributed by atoms with van der Waals surface area (Å²) in [6.07, 6.45) is 1.02. The molecule has 2 fully saturated rings. The molecule has 9 heteroatoms. The number of nitro benzene ring substituents is 1. The van der Waals surface area contributed by atoms with Gasteiger partial charge in [0.2, 0.25) is 0 Å². The second kappa shape index (κ2) is 8.45. The lowest BCUT2D eigenvalue weighted by atomic mass is 9.95. The number of morpholine rings is 1. The largest absolute Gasteiger partial charge is 0.379 e. The van der Waals surface area contributed by atoms with Gasteiger partial charge in [-0.1, -0.05) is 0 Å². The number of carbonyl (C=O) groups is 1. The monoisotopic (exact) mass is 394 g/mol. The van der Waals surface area contributed by atoms with Gasteiger partial charge in [0.25, 0.3) is 11.6 Å². The van der Waals surface area contributed by atoms with Gasteiger partial charge in [0.15, 0.2) is 0 Å². The molecule has 2 saturated heterocycles. The molecule has 2 aliphatic heterocycles. The summed E-state index contributed by atoms with van der Waals surface area (Å²) in [5.74, 6) is 1.78. The molecule has 148 valence electrons. The van der Waals surface area contributed by atoms with E-state index < -0.39 is 4.92 Å². The standard InChI is InChI=1S/C18H26N4O4S/c1-20(2)16-4-3-14(22(24)25)11-15(16)17(23)19-12-18(5-10-27-13-18)21-6-8-26-9-7-21/h3-4,11H,5-10,12-13H2,1-2H3,(H,19,23)/t18-/m0/s1. The first kappa shape index (κ1) is 19.9. The Hall–Kier alpha value is -1.84. The van der Waals surface area contributed by atoms with Crippen molar-refractivity contribution in [3.63, 3.8) is 0 Å². The van der Waals surface area contributed by atoms with E-state index in [0.29, 0.717) is 17.8 Å². The number of thioether (sulfide) groups is 1. The second-order valence-corrected chi connectivity index (χ2v) is 8.27. The average Bonchev–Trinajstić information content (AvgIpc) is 3.16. The molecule has 1 N–H and O–H groups in total. The number of hydrogen-bond acceptors (Lipinski definition) is 7. The highest BCUT2D eigenvalue weighted by molar-refractivity contribution is 7.99. The van der Waals surface area contributed by atoms with Crippen molar-refractivity contribution in [2.75, 3.05) is 63.3 Å². The topological polar surface area (TPSA) is 87.9 Å². The summed E-state index contributed by atoms with van der Waals surface area (Å²) in [6, 6.07) is 4.40. The molecule has 0 unspecified atom stereocenters. The molecule has 2 heterocycles. The smallest absolute Gasteiger partial charge is 0.270 e. The predicted octanol–water partition coefficient (Wildman–Crippen LogP) is 1.60. The summed E-state index contributed by atoms with van der Waals surface area (Å²) >= 11 is 1.91. The molecule has 0 aromatic heterocycles. The Kier molecular flexibility index (Phi) is 6.23. The first-order valence-corrected chi connectivity index (χ1v) is 10.2. The van der Waals surface area contributed by atoms with Crippen molar-refractivity contribution in [3.05, 3.63) is 33.9 Å². The Bertz CT molecular complexity index is 701. The molecular formula is C18H26N4O4S. The van der Waals surface area contributed by atoms with Crippen molar-refractivity contribution in [3.8, 4) is 0 Å². The maximum Gasteiger partial charge on any atom is 0.270 e. The first-order valence-electron chi connectivity index (χ1n) is 9.07. The SMILES string of the molecule is CN(C)c1ccc([N+](=O)[O-])cc1C(=O)NC[C@@]1(N2CCOCC2)CCSC1. The van der Waals surface area contributed by atoms with Gasteiger partial charge in [0.05, 0.1) is 23.7 Å². The Labute approximate surface area is 163 Å². The van der Waals surface area contributed by atoms with Crippen molar-refractivity contribution < 1.29 is 14.5 Å². The third kappa shape index (κ3) is 4.36. The van der Waals surface area contributed by atoms with Crippen LogP contribution in [0.1, 0.15) is 16.8 Å². The Morgan fingerprint density at radius 3 is 2.74 bits per heavy atom. The fourth-order valence-corrected chi connectivity index (χ4v) is 5.16. The maximum atomic E-state index is 12.9. The van der Waals surface area contributed by atoms with Gasteiger partial charge in [0, 0.05) is 62.8 Å². The fourth-order valence-electron chi connectivity index (χ4n) is 3.68. The second-order valence-electron chi connectivity index (χ2n) is 7.16. The number of carbonyl (C=O) groups excluding carboxylic acids is 1. The van der Waals surface area contributed by atoms with E-state index in [1.807, 2.05) is 25.9 Å². The number of nitrogens with one attached hydrogen (secondary N) is 1. The van der Waals surface area contributed by atoms with Crippen LogP contribution in [0.3, 0.4) is 0 Å². The molecule has 0 bridgehead atoms. The number of nitrogens with zero attached hydrogens (tertiary/aromatic N) is 3. The predicted molar refractivity (Wildman–Crippen MR) is 107 cm³/mol. The minimum atomic E-state index is -0.473. The quantitative estimate of drug-likeness (QED) is 0.579. The van der Waals surface area contributed by atoms with Crippen LogP contribution in [0.15, 0.2) is 18.2 Å². The van der Waals surface area contributed by atoms with Gasteiger partial charge in [-0.2, -0.15) is 11.8 Å². The van der Waals surface area contributed by atoms with E-state index in [2.05, 4.69) is 10.2 Å². The minimum Gasteiger partial charge on any atom is -0.379 e. The van der Waals surface area contributed by atoms with E-state index in [9.17, 15) is 14.9 Å². The minimum absolute atomic E-state index is 0.0664. The summed E-state index contributed by atoms with van der Waals surface area (Å²) in [7, 11) is 3.64. The third-order valence-corrected chi connectivity index (χ3v) is 6.49. The number of ether oxygens (including phenoxy) is 1. The van der Waals surface area contributed by atoms with Crippen LogP contribution in [0.25, 0.3) is 0 Å². The molecule has 1 atom stereocenters. The normalized spacial score (nSPS) is 23.2. The summed E-state index contributed by atoms with van der Waals surface area (Å²) in [6.45, 7) is 3.72. The van der Waals surface area contributed by atoms with Crippen LogP contribution in [0.2, 0.25) is 0 Å². The number of benzene rings is 1. The molecule has 0 saturated carbocycles. The molecule has 8 nitrogen and oxygen atoms in total. The highest BCUT2D eigenvalue weighted by atomic mass is 32.2. The summed E-state index contributed by atoms with van der Waals surface area (Å²) in [4.78, 5) is 27.8. The molecule has 1 aromatic carbocycles. The van der Waals surface area contributed by atoms with E-state index in [0.717, 1.165) is 44.2 Å².